The van der Waals surface area contributed by atoms with Crippen LogP contribution in [-0.2, 0) is 0 Å². The Morgan fingerprint density at radius 2 is 1.90 bits per heavy atom. The fourth-order valence-electron chi connectivity index (χ4n) is 0.448. The molecule has 0 atom stereocenters. The number of rotatable bonds is 0. The molecule has 4 heteroatoms. The molecular formula is C6H7Br2MgN. The number of hydrogen-bond donors (Lipinski definition) is 0. The first-order chi connectivity index (χ1) is 3.39. The molecule has 52 valence electrons. The van der Waals surface area contributed by atoms with Gasteiger partial charge >= 0.3 is 23.1 Å². The van der Waals surface area contributed by atoms with Crippen molar-refractivity contribution in [3.8, 4) is 0 Å². The average molecular weight is 277 g/mol. The normalized spacial score (nSPS) is 6.10. The third-order valence-corrected chi connectivity index (χ3v) is 0.809. The van der Waals surface area contributed by atoms with E-state index in [1.807, 2.05) is 25.3 Å². The number of aromatic nitrogens is 1. The Bertz CT molecular complexity index is 146. The molecule has 0 N–H and O–H groups in total. The number of aryl methyl sites for hydroxylation is 1. The van der Waals surface area contributed by atoms with E-state index in [-0.39, 0.29) is 57.0 Å². The monoisotopic (exact) mass is 275 g/mol. The van der Waals surface area contributed by atoms with Crippen molar-refractivity contribution in [1.29, 1.82) is 0 Å². The molecule has 0 spiro atoms. The summed E-state index contributed by atoms with van der Waals surface area (Å²) in [7, 11) is 0. The van der Waals surface area contributed by atoms with Crippen LogP contribution < -0.4 is 34.0 Å². The maximum atomic E-state index is 3.88. The number of halogens is 2. The van der Waals surface area contributed by atoms with E-state index in [1.54, 1.807) is 6.20 Å². The summed E-state index contributed by atoms with van der Waals surface area (Å²) in [6, 6.07) is 3.95. The molecule has 0 aliphatic carbocycles. The Morgan fingerprint density at radius 3 is 2.10 bits per heavy atom. The predicted molar refractivity (Wildman–Crippen MR) is 34.7 cm³/mol. The van der Waals surface area contributed by atoms with E-state index < -0.39 is 0 Å². The molecule has 1 nitrogen and oxygen atoms in total. The molecule has 1 rings (SSSR count). The third-order valence-electron chi connectivity index (χ3n) is 0.809. The van der Waals surface area contributed by atoms with Crippen molar-refractivity contribution in [2.45, 2.75) is 6.92 Å². The van der Waals surface area contributed by atoms with Crippen molar-refractivity contribution in [2.75, 3.05) is 0 Å². The number of pyridine rings is 1. The Morgan fingerprint density at radius 1 is 1.30 bits per heavy atom. The maximum absolute atomic E-state index is 3.88. The van der Waals surface area contributed by atoms with Crippen molar-refractivity contribution >= 4 is 23.1 Å². The molecule has 0 aromatic carbocycles. The van der Waals surface area contributed by atoms with E-state index in [4.69, 9.17) is 0 Å². The van der Waals surface area contributed by atoms with E-state index >= 15 is 0 Å². The molecule has 0 saturated heterocycles. The number of nitrogens with zero attached hydrogens (tertiary/aromatic N) is 1. The van der Waals surface area contributed by atoms with Crippen LogP contribution in [0, 0.1) is 6.92 Å². The van der Waals surface area contributed by atoms with E-state index in [1.165, 1.54) is 5.56 Å². The van der Waals surface area contributed by atoms with Crippen LogP contribution in [0.3, 0.4) is 0 Å². The zero-order valence-electron chi connectivity index (χ0n) is 5.72. The van der Waals surface area contributed by atoms with Crippen molar-refractivity contribution in [3.63, 3.8) is 0 Å². The average Bonchev–Trinajstić information content (AvgIpc) is 1.69. The minimum atomic E-state index is 0. The summed E-state index contributed by atoms with van der Waals surface area (Å²) in [5, 5.41) is 0. The van der Waals surface area contributed by atoms with Gasteiger partial charge in [-0.1, -0.05) is 6.07 Å². The van der Waals surface area contributed by atoms with Gasteiger partial charge in [0.15, 0.2) is 0 Å². The Kier molecular flexibility index (Phi) is 16.9. The van der Waals surface area contributed by atoms with Crippen LogP contribution in [0.5, 0.6) is 0 Å². The molecule has 1 aromatic heterocycles. The van der Waals surface area contributed by atoms with Gasteiger partial charge < -0.3 is 34.0 Å². The summed E-state index contributed by atoms with van der Waals surface area (Å²) in [6.45, 7) is 2.02. The Balaban J connectivity index is -0.000000163. The molecular weight excluding hydrogens is 270 g/mol. The minimum absolute atomic E-state index is 0. The van der Waals surface area contributed by atoms with Crippen LogP contribution >= 0.6 is 0 Å². The second-order valence-corrected chi connectivity index (χ2v) is 1.53. The SMILES string of the molecule is Cc1cccnc1.[Br-].[Br-].[Mg+2]. The van der Waals surface area contributed by atoms with Gasteiger partial charge in [-0.3, -0.25) is 4.98 Å². The van der Waals surface area contributed by atoms with Crippen molar-refractivity contribution < 1.29 is 34.0 Å². The van der Waals surface area contributed by atoms with Crippen LogP contribution in [0.15, 0.2) is 24.5 Å². The molecule has 10 heavy (non-hydrogen) atoms. The molecule has 0 unspecified atom stereocenters. The van der Waals surface area contributed by atoms with Crippen LogP contribution in [-0.4, -0.2) is 28.0 Å². The topological polar surface area (TPSA) is 12.9 Å². The van der Waals surface area contributed by atoms with Gasteiger partial charge in [-0.05, 0) is 18.6 Å². The summed E-state index contributed by atoms with van der Waals surface area (Å²) in [6.07, 6.45) is 3.60. The first-order valence-corrected chi connectivity index (χ1v) is 2.26. The molecule has 0 fully saturated rings. The van der Waals surface area contributed by atoms with Crippen LogP contribution in [0.25, 0.3) is 0 Å². The van der Waals surface area contributed by atoms with Crippen molar-refractivity contribution in [2.24, 2.45) is 0 Å². The van der Waals surface area contributed by atoms with Gasteiger partial charge in [0.1, 0.15) is 0 Å². The molecule has 0 aliphatic rings. The summed E-state index contributed by atoms with van der Waals surface area (Å²) in [4.78, 5) is 3.88. The van der Waals surface area contributed by atoms with Gasteiger partial charge in [0.25, 0.3) is 0 Å². The summed E-state index contributed by atoms with van der Waals surface area (Å²) in [5.41, 5.74) is 1.21. The fraction of sp³-hybridized carbons (Fsp3) is 0.167. The summed E-state index contributed by atoms with van der Waals surface area (Å²) < 4.78 is 0. The van der Waals surface area contributed by atoms with Crippen LogP contribution in [0.4, 0.5) is 0 Å². The van der Waals surface area contributed by atoms with Gasteiger partial charge in [0.2, 0.25) is 0 Å². The Hall–Kier alpha value is 0.876. The van der Waals surface area contributed by atoms with Gasteiger partial charge in [-0.25, -0.2) is 0 Å². The van der Waals surface area contributed by atoms with Crippen molar-refractivity contribution in [1.82, 2.24) is 4.98 Å². The molecule has 0 saturated carbocycles. The predicted octanol–water partition coefficient (Wildman–Crippen LogP) is -4.98. The van der Waals surface area contributed by atoms with Crippen LogP contribution in [0.2, 0.25) is 0 Å². The third kappa shape index (κ3) is 6.99. The van der Waals surface area contributed by atoms with Gasteiger partial charge in [-0.15, -0.1) is 0 Å². The molecule has 0 radical (unpaired) electrons. The second-order valence-electron chi connectivity index (χ2n) is 1.53. The van der Waals surface area contributed by atoms with Crippen molar-refractivity contribution in [3.05, 3.63) is 30.1 Å². The first kappa shape index (κ1) is 17.1. The molecule has 0 bridgehead atoms. The summed E-state index contributed by atoms with van der Waals surface area (Å²) in [5.74, 6) is 0. The van der Waals surface area contributed by atoms with Gasteiger partial charge in [0, 0.05) is 12.4 Å². The van der Waals surface area contributed by atoms with E-state index in [2.05, 4.69) is 4.98 Å². The molecule has 0 aliphatic heterocycles. The Labute approximate surface area is 98.3 Å². The zero-order chi connectivity index (χ0) is 5.11. The largest absolute Gasteiger partial charge is 2.00 e. The molecule has 1 aromatic rings. The van der Waals surface area contributed by atoms with Crippen LogP contribution in [0.1, 0.15) is 5.56 Å². The van der Waals surface area contributed by atoms with Gasteiger partial charge in [-0.2, -0.15) is 0 Å². The maximum Gasteiger partial charge on any atom is 2.00 e. The second kappa shape index (κ2) is 9.88. The number of hydrogen-bond acceptors (Lipinski definition) is 1. The molecule has 0 amide bonds. The quantitative estimate of drug-likeness (QED) is 0.433. The fourth-order valence-corrected chi connectivity index (χ4v) is 0.448. The van der Waals surface area contributed by atoms with E-state index in [9.17, 15) is 0 Å². The minimum Gasteiger partial charge on any atom is -1.00 e. The first-order valence-electron chi connectivity index (χ1n) is 2.26. The summed E-state index contributed by atoms with van der Waals surface area (Å²) >= 11 is 0. The zero-order valence-corrected chi connectivity index (χ0v) is 10.3. The molecule has 1 heterocycles. The standard InChI is InChI=1S/C6H7N.2BrH.Mg/c1-6-3-2-4-7-5-6;;;/h2-5H,1H3;2*1H;/q;;;+2/p-2. The van der Waals surface area contributed by atoms with E-state index in [0.29, 0.717) is 0 Å². The van der Waals surface area contributed by atoms with E-state index in [0.717, 1.165) is 0 Å². The van der Waals surface area contributed by atoms with Gasteiger partial charge in [0.05, 0.1) is 0 Å². The smallest absolute Gasteiger partial charge is 1.00 e.